The molecule has 0 aromatic heterocycles. The number of fused-ring (bicyclic) bond motifs is 12. The molecule has 1 spiro atoms. The van der Waals surface area contributed by atoms with Gasteiger partial charge in [0.2, 0.25) is 0 Å². The van der Waals surface area contributed by atoms with Crippen LogP contribution >= 0.6 is 0 Å². The topological polar surface area (TPSA) is 42.9 Å². The van der Waals surface area contributed by atoms with Gasteiger partial charge in [0.05, 0.1) is 11.1 Å². The molecule has 3 aliphatic heterocycles. The number of ether oxygens (including phenoxy) is 2. The lowest BCUT2D eigenvalue weighted by Gasteiger charge is -2.39. The summed E-state index contributed by atoms with van der Waals surface area (Å²) >= 11 is 0. The number of benzene rings is 7. The first kappa shape index (κ1) is 32.1. The molecule has 270 valence electrons. The Balaban J connectivity index is 1.01. The van der Waals surface area contributed by atoms with Gasteiger partial charge in [0.25, 0.3) is 0 Å². The minimum Gasteiger partial charge on any atom is -0.461 e. The minimum atomic E-state index is -0.538. The van der Waals surface area contributed by atoms with Crippen LogP contribution in [0.2, 0.25) is 0 Å². The highest BCUT2D eigenvalue weighted by molar-refractivity contribution is 6.15. The van der Waals surface area contributed by atoms with Crippen LogP contribution in [0, 0.1) is 0 Å². The molecule has 5 aliphatic rings. The SMILES string of the molecule is C1=C(C2=NC(c3ccccc3)NC(c3ccccc3-c3ccc4c(c3)C3(c5ccccc5O4)c4ccccc4-c4ccccc43)=C2)C=C2Oc3ccccc3C2C1. The molecule has 7 aromatic rings. The molecule has 3 heterocycles. The number of aliphatic imine (C=N–C) groups is 1. The lowest BCUT2D eigenvalue weighted by Crippen LogP contribution is -2.32. The molecule has 0 saturated heterocycles. The van der Waals surface area contributed by atoms with Crippen molar-refractivity contribution in [1.82, 2.24) is 5.32 Å². The summed E-state index contributed by atoms with van der Waals surface area (Å²) in [5, 5.41) is 3.85. The first-order valence-corrected chi connectivity index (χ1v) is 19.7. The van der Waals surface area contributed by atoms with Crippen molar-refractivity contribution in [1.29, 1.82) is 0 Å². The van der Waals surface area contributed by atoms with E-state index >= 15 is 0 Å². The van der Waals surface area contributed by atoms with Crippen LogP contribution < -0.4 is 14.8 Å². The van der Waals surface area contributed by atoms with Gasteiger partial charge in [0, 0.05) is 33.9 Å². The summed E-state index contributed by atoms with van der Waals surface area (Å²) in [6, 6.07) is 60.7. The van der Waals surface area contributed by atoms with E-state index in [4.69, 9.17) is 14.5 Å². The highest BCUT2D eigenvalue weighted by Gasteiger charge is 2.51. The van der Waals surface area contributed by atoms with Crippen LogP contribution in [-0.4, -0.2) is 5.71 Å². The van der Waals surface area contributed by atoms with E-state index in [1.165, 1.54) is 27.8 Å². The van der Waals surface area contributed by atoms with Crippen LogP contribution in [0.15, 0.2) is 204 Å². The van der Waals surface area contributed by atoms with E-state index in [0.29, 0.717) is 0 Å². The van der Waals surface area contributed by atoms with Crippen molar-refractivity contribution in [2.24, 2.45) is 4.99 Å². The molecular formula is C53H36N2O2. The Morgan fingerprint density at radius 1 is 0.526 bits per heavy atom. The summed E-state index contributed by atoms with van der Waals surface area (Å²) in [6.07, 6.45) is 7.33. The van der Waals surface area contributed by atoms with Crippen molar-refractivity contribution >= 4 is 11.4 Å². The van der Waals surface area contributed by atoms with Gasteiger partial charge < -0.3 is 14.8 Å². The van der Waals surface area contributed by atoms with E-state index in [1.54, 1.807) is 0 Å². The highest BCUT2D eigenvalue weighted by atomic mass is 16.5. The summed E-state index contributed by atoms with van der Waals surface area (Å²) in [7, 11) is 0. The lowest BCUT2D eigenvalue weighted by atomic mass is 9.65. The summed E-state index contributed by atoms with van der Waals surface area (Å²) in [5.74, 6) is 3.95. The maximum Gasteiger partial charge on any atom is 0.145 e. The van der Waals surface area contributed by atoms with Crippen molar-refractivity contribution < 1.29 is 9.47 Å². The zero-order valence-corrected chi connectivity index (χ0v) is 31.0. The lowest BCUT2D eigenvalue weighted by molar-refractivity contribution is 0.425. The fourth-order valence-electron chi connectivity index (χ4n) is 9.86. The van der Waals surface area contributed by atoms with Crippen LogP contribution in [0.4, 0.5) is 0 Å². The Kier molecular flexibility index (Phi) is 7.00. The Morgan fingerprint density at radius 3 is 1.95 bits per heavy atom. The van der Waals surface area contributed by atoms with E-state index < -0.39 is 5.41 Å². The molecule has 2 atom stereocenters. The molecule has 0 amide bonds. The van der Waals surface area contributed by atoms with E-state index in [0.717, 1.165) is 79.8 Å². The summed E-state index contributed by atoms with van der Waals surface area (Å²) < 4.78 is 13.2. The number of nitrogens with one attached hydrogen (secondary N) is 1. The highest BCUT2D eigenvalue weighted by Crippen LogP contribution is 2.62. The molecule has 0 radical (unpaired) electrons. The van der Waals surface area contributed by atoms with Crippen molar-refractivity contribution in [3.63, 3.8) is 0 Å². The maximum absolute atomic E-state index is 6.77. The first-order valence-electron chi connectivity index (χ1n) is 19.7. The smallest absolute Gasteiger partial charge is 0.145 e. The Hall–Kier alpha value is -7.17. The fourth-order valence-corrected chi connectivity index (χ4v) is 9.86. The summed E-state index contributed by atoms with van der Waals surface area (Å²) in [6.45, 7) is 0. The largest absolute Gasteiger partial charge is 0.461 e. The minimum absolute atomic E-state index is 0.239. The zero-order valence-electron chi connectivity index (χ0n) is 31.0. The number of para-hydroxylation sites is 2. The van der Waals surface area contributed by atoms with Crippen molar-refractivity contribution in [2.45, 2.75) is 23.9 Å². The number of allylic oxidation sites excluding steroid dienone is 5. The van der Waals surface area contributed by atoms with Gasteiger partial charge in [-0.1, -0.05) is 152 Å². The Morgan fingerprint density at radius 2 is 1.16 bits per heavy atom. The van der Waals surface area contributed by atoms with Crippen LogP contribution in [0.25, 0.3) is 28.0 Å². The van der Waals surface area contributed by atoms with E-state index in [1.807, 2.05) is 6.07 Å². The first-order chi connectivity index (χ1) is 28.2. The van der Waals surface area contributed by atoms with Crippen molar-refractivity contribution in [3.8, 4) is 39.5 Å². The molecule has 0 saturated carbocycles. The third-order valence-corrected chi connectivity index (χ3v) is 12.4. The van der Waals surface area contributed by atoms with Crippen LogP contribution in [-0.2, 0) is 5.41 Å². The zero-order chi connectivity index (χ0) is 37.5. The van der Waals surface area contributed by atoms with E-state index in [-0.39, 0.29) is 12.1 Å². The second-order valence-electron chi connectivity index (χ2n) is 15.4. The fraction of sp³-hybridized carbons (Fsp3) is 0.0755. The Labute approximate surface area is 331 Å². The molecule has 0 bridgehead atoms. The molecule has 4 nitrogen and oxygen atoms in total. The quantitative estimate of drug-likeness (QED) is 0.196. The molecule has 7 aromatic carbocycles. The predicted molar refractivity (Wildman–Crippen MR) is 228 cm³/mol. The molecule has 0 fully saturated rings. The number of rotatable bonds is 4. The van der Waals surface area contributed by atoms with Gasteiger partial charge >= 0.3 is 0 Å². The van der Waals surface area contributed by atoms with Gasteiger partial charge in [0.1, 0.15) is 29.2 Å². The molecule has 12 rings (SSSR count). The Bertz CT molecular complexity index is 2890. The monoisotopic (exact) mass is 732 g/mol. The number of nitrogens with zero attached hydrogens (tertiary/aromatic N) is 1. The third-order valence-electron chi connectivity index (χ3n) is 12.4. The average molecular weight is 733 g/mol. The average Bonchev–Trinajstić information content (AvgIpc) is 3.80. The summed E-state index contributed by atoms with van der Waals surface area (Å²) in [5.41, 5.74) is 15.6. The molecule has 2 aliphatic carbocycles. The van der Waals surface area contributed by atoms with Gasteiger partial charge in [-0.05, 0) is 87.4 Å². The van der Waals surface area contributed by atoms with Crippen LogP contribution in [0.1, 0.15) is 57.4 Å². The number of hydrogen-bond donors (Lipinski definition) is 1. The standard InChI is InChI=1S/C53H36N2O2/c1-2-14-33(15-3-1)52-54-46(35-26-28-41-40-20-8-12-24-48(40)56-51(41)31-35)32-47(55-52)39-19-5-4-16-36(39)34-27-29-50-45(30-34)53(44-23-11-13-25-49(44)57-50)42-21-9-6-17-37(42)38-18-7-10-22-43(38)53/h1-27,29-32,41,52,55H,28H2. The second-order valence-corrected chi connectivity index (χ2v) is 15.4. The van der Waals surface area contributed by atoms with Crippen LogP contribution in [0.5, 0.6) is 17.2 Å². The van der Waals surface area contributed by atoms with Gasteiger partial charge in [-0.15, -0.1) is 0 Å². The maximum atomic E-state index is 6.77. The van der Waals surface area contributed by atoms with E-state index in [9.17, 15) is 0 Å². The summed E-state index contributed by atoms with van der Waals surface area (Å²) in [4.78, 5) is 5.33. The van der Waals surface area contributed by atoms with Gasteiger partial charge in [-0.25, -0.2) is 0 Å². The molecular weight excluding hydrogens is 697 g/mol. The van der Waals surface area contributed by atoms with Gasteiger partial charge in [0.15, 0.2) is 0 Å². The van der Waals surface area contributed by atoms with E-state index in [2.05, 4.69) is 187 Å². The normalized spacial score (nSPS) is 18.7. The third kappa shape index (κ3) is 4.77. The van der Waals surface area contributed by atoms with Gasteiger partial charge in [-0.3, -0.25) is 4.99 Å². The van der Waals surface area contributed by atoms with Crippen molar-refractivity contribution in [2.75, 3.05) is 0 Å². The number of hydrogen-bond acceptors (Lipinski definition) is 4. The predicted octanol–water partition coefficient (Wildman–Crippen LogP) is 12.3. The van der Waals surface area contributed by atoms with Gasteiger partial charge in [-0.2, -0.15) is 0 Å². The molecule has 2 unspecified atom stereocenters. The molecule has 57 heavy (non-hydrogen) atoms. The van der Waals surface area contributed by atoms with Crippen LogP contribution in [0.3, 0.4) is 0 Å². The molecule has 1 N–H and O–H groups in total. The second kappa shape index (κ2) is 12.4. The molecule has 4 heteroatoms. The van der Waals surface area contributed by atoms with Crippen molar-refractivity contribution in [3.05, 3.63) is 238 Å².